The standard InChI is InChI=1S/C18H27N3O4S.ClH/c1-25-18(13-6-7-20-16(10-13)17(19)22)14-4-3-5-15(18)12-21(11-14)8-9-26(2,23)24;/h6-7,10,14-15H,3-5,8-9,11-12H2,1-2H3,(H2,19,22);1H. The molecule has 2 bridgehead atoms. The molecule has 0 aromatic carbocycles. The number of halogens is 1. The summed E-state index contributed by atoms with van der Waals surface area (Å²) in [5, 5.41) is 0. The molecule has 7 nitrogen and oxygen atoms in total. The molecule has 27 heavy (non-hydrogen) atoms. The highest BCUT2D eigenvalue weighted by Crippen LogP contribution is 2.51. The first-order chi connectivity index (χ1) is 12.3. The van der Waals surface area contributed by atoms with Crippen molar-refractivity contribution in [1.29, 1.82) is 0 Å². The Morgan fingerprint density at radius 1 is 1.37 bits per heavy atom. The molecule has 2 unspecified atom stereocenters. The Labute approximate surface area is 167 Å². The van der Waals surface area contributed by atoms with Crippen LogP contribution in [0.3, 0.4) is 0 Å². The van der Waals surface area contributed by atoms with Crippen LogP contribution >= 0.6 is 12.4 Å². The average Bonchev–Trinajstić information content (AvgIpc) is 2.58. The lowest BCUT2D eigenvalue weighted by Gasteiger charge is -2.55. The monoisotopic (exact) mass is 417 g/mol. The molecule has 2 atom stereocenters. The first-order valence-electron chi connectivity index (χ1n) is 8.98. The van der Waals surface area contributed by atoms with Crippen LogP contribution in [0.15, 0.2) is 18.3 Å². The minimum atomic E-state index is -2.98. The maximum Gasteiger partial charge on any atom is 0.267 e. The minimum absolute atomic E-state index is 0. The number of fused-ring (bicyclic) bond motifs is 2. The van der Waals surface area contributed by atoms with E-state index in [-0.39, 0.29) is 35.7 Å². The number of nitrogens with zero attached hydrogens (tertiary/aromatic N) is 2. The molecule has 1 saturated carbocycles. The Morgan fingerprint density at radius 2 is 2.00 bits per heavy atom. The molecule has 1 saturated heterocycles. The van der Waals surface area contributed by atoms with E-state index in [9.17, 15) is 13.2 Å². The third-order valence-corrected chi connectivity index (χ3v) is 6.78. The van der Waals surface area contributed by atoms with Gasteiger partial charge in [0.1, 0.15) is 21.1 Å². The average molecular weight is 418 g/mol. The molecule has 9 heteroatoms. The third-order valence-electron chi connectivity index (χ3n) is 5.85. The molecular weight excluding hydrogens is 390 g/mol. The van der Waals surface area contributed by atoms with Crippen LogP contribution in [-0.4, -0.2) is 63.0 Å². The van der Waals surface area contributed by atoms with E-state index < -0.39 is 21.3 Å². The van der Waals surface area contributed by atoms with Gasteiger partial charge in [-0.15, -0.1) is 12.4 Å². The lowest BCUT2D eigenvalue weighted by molar-refractivity contribution is -0.168. The summed E-state index contributed by atoms with van der Waals surface area (Å²) in [7, 11) is -1.26. The van der Waals surface area contributed by atoms with Crippen LogP contribution in [-0.2, 0) is 20.2 Å². The second-order valence-electron chi connectivity index (χ2n) is 7.51. The number of hydrogen-bond donors (Lipinski definition) is 1. The predicted octanol–water partition coefficient (Wildman–Crippen LogP) is 1.22. The smallest absolute Gasteiger partial charge is 0.267 e. The molecule has 3 rings (SSSR count). The highest BCUT2D eigenvalue weighted by Gasteiger charge is 2.53. The highest BCUT2D eigenvalue weighted by molar-refractivity contribution is 7.90. The Bertz CT molecular complexity index is 773. The van der Waals surface area contributed by atoms with Gasteiger partial charge < -0.3 is 15.4 Å². The number of piperidine rings is 1. The van der Waals surface area contributed by atoms with Crippen LogP contribution in [0.4, 0.5) is 0 Å². The van der Waals surface area contributed by atoms with Gasteiger partial charge in [-0.3, -0.25) is 9.78 Å². The van der Waals surface area contributed by atoms with Crippen LogP contribution in [0.2, 0.25) is 0 Å². The maximum atomic E-state index is 11.6. The molecule has 0 radical (unpaired) electrons. The molecule has 1 aromatic heterocycles. The molecule has 2 fully saturated rings. The quantitative estimate of drug-likeness (QED) is 0.746. The van der Waals surface area contributed by atoms with Crippen LogP contribution < -0.4 is 5.73 Å². The normalized spacial score (nSPS) is 28.4. The Kier molecular flexibility index (Phi) is 6.89. The number of primary amides is 1. The summed E-state index contributed by atoms with van der Waals surface area (Å²) in [4.78, 5) is 17.9. The summed E-state index contributed by atoms with van der Waals surface area (Å²) in [6, 6.07) is 3.66. The van der Waals surface area contributed by atoms with Crippen molar-refractivity contribution in [3.8, 4) is 0 Å². The van der Waals surface area contributed by atoms with E-state index in [0.29, 0.717) is 6.54 Å². The number of rotatable bonds is 6. The Balaban J connectivity index is 0.00000261. The highest BCUT2D eigenvalue weighted by atomic mass is 35.5. The largest absolute Gasteiger partial charge is 0.373 e. The summed E-state index contributed by atoms with van der Waals surface area (Å²) in [5.41, 5.74) is 6.12. The van der Waals surface area contributed by atoms with Gasteiger partial charge in [-0.25, -0.2) is 8.42 Å². The molecule has 1 aliphatic heterocycles. The van der Waals surface area contributed by atoms with Crippen molar-refractivity contribution in [3.05, 3.63) is 29.6 Å². The summed E-state index contributed by atoms with van der Waals surface area (Å²) in [6.07, 6.45) is 6.04. The third kappa shape index (κ3) is 4.45. The number of methoxy groups -OCH3 is 1. The fourth-order valence-corrected chi connectivity index (χ4v) is 5.32. The van der Waals surface area contributed by atoms with E-state index in [1.165, 1.54) is 6.26 Å². The minimum Gasteiger partial charge on any atom is -0.373 e. The molecule has 152 valence electrons. The zero-order chi connectivity index (χ0) is 18.9. The number of aromatic nitrogens is 1. The van der Waals surface area contributed by atoms with Crippen molar-refractivity contribution in [3.63, 3.8) is 0 Å². The van der Waals surface area contributed by atoms with Gasteiger partial charge in [0.25, 0.3) is 5.91 Å². The van der Waals surface area contributed by atoms with Crippen LogP contribution in [0.1, 0.15) is 35.3 Å². The number of ether oxygens (including phenoxy) is 1. The van der Waals surface area contributed by atoms with Crippen LogP contribution in [0.5, 0.6) is 0 Å². The SMILES string of the molecule is COC1(c2ccnc(C(N)=O)c2)C2CCCC1CN(CCS(C)(=O)=O)C2.Cl. The van der Waals surface area contributed by atoms with Crippen molar-refractivity contribution in [1.82, 2.24) is 9.88 Å². The zero-order valence-electron chi connectivity index (χ0n) is 15.8. The van der Waals surface area contributed by atoms with Gasteiger partial charge in [-0.1, -0.05) is 6.42 Å². The summed E-state index contributed by atoms with van der Waals surface area (Å²) in [6.45, 7) is 2.12. The van der Waals surface area contributed by atoms with Gasteiger partial charge in [0.15, 0.2) is 0 Å². The first-order valence-corrected chi connectivity index (χ1v) is 11.0. The van der Waals surface area contributed by atoms with Crippen LogP contribution in [0, 0.1) is 11.8 Å². The van der Waals surface area contributed by atoms with E-state index in [1.54, 1.807) is 19.4 Å². The molecular formula is C18H28ClN3O4S. The van der Waals surface area contributed by atoms with E-state index in [4.69, 9.17) is 10.5 Å². The maximum absolute atomic E-state index is 11.6. The van der Waals surface area contributed by atoms with Crippen molar-refractivity contribution >= 4 is 28.2 Å². The molecule has 2 N–H and O–H groups in total. The van der Waals surface area contributed by atoms with Gasteiger partial charge in [-0.2, -0.15) is 0 Å². The summed E-state index contributed by atoms with van der Waals surface area (Å²) in [5.74, 6) is 0.104. The predicted molar refractivity (Wildman–Crippen MR) is 106 cm³/mol. The van der Waals surface area contributed by atoms with Gasteiger partial charge in [0, 0.05) is 51.0 Å². The van der Waals surface area contributed by atoms with E-state index in [0.717, 1.165) is 37.9 Å². The first kappa shape index (κ1) is 22.1. The van der Waals surface area contributed by atoms with E-state index >= 15 is 0 Å². The number of nitrogens with two attached hydrogens (primary N) is 1. The lowest BCUT2D eigenvalue weighted by atomic mass is 9.62. The Hall–Kier alpha value is -1.22. The molecule has 2 heterocycles. The van der Waals surface area contributed by atoms with E-state index in [2.05, 4.69) is 9.88 Å². The summed E-state index contributed by atoms with van der Waals surface area (Å²) < 4.78 is 29.2. The number of pyridine rings is 1. The van der Waals surface area contributed by atoms with Crippen molar-refractivity contribution in [2.24, 2.45) is 17.6 Å². The molecule has 1 aromatic rings. The second kappa shape index (κ2) is 8.43. The van der Waals surface area contributed by atoms with Gasteiger partial charge >= 0.3 is 0 Å². The number of hydrogen-bond acceptors (Lipinski definition) is 6. The lowest BCUT2D eigenvalue weighted by Crippen LogP contribution is -2.59. The molecule has 2 aliphatic rings. The van der Waals surface area contributed by atoms with Crippen molar-refractivity contribution in [2.45, 2.75) is 24.9 Å². The van der Waals surface area contributed by atoms with Gasteiger partial charge in [0.05, 0.1) is 5.75 Å². The number of carbonyl (C=O) groups excluding carboxylic acids is 1. The van der Waals surface area contributed by atoms with E-state index in [1.807, 2.05) is 6.07 Å². The van der Waals surface area contributed by atoms with Gasteiger partial charge in [0.2, 0.25) is 0 Å². The number of carbonyl (C=O) groups is 1. The van der Waals surface area contributed by atoms with Crippen molar-refractivity contribution in [2.75, 3.05) is 38.8 Å². The Morgan fingerprint density at radius 3 is 2.52 bits per heavy atom. The summed E-state index contributed by atoms with van der Waals surface area (Å²) >= 11 is 0. The second-order valence-corrected chi connectivity index (χ2v) is 9.77. The fourth-order valence-electron chi connectivity index (χ4n) is 4.73. The molecule has 1 aliphatic carbocycles. The topological polar surface area (TPSA) is 103 Å². The fraction of sp³-hybridized carbons (Fsp3) is 0.667. The number of amides is 1. The zero-order valence-corrected chi connectivity index (χ0v) is 17.4. The van der Waals surface area contributed by atoms with Crippen LogP contribution in [0.25, 0.3) is 0 Å². The van der Waals surface area contributed by atoms with Crippen molar-refractivity contribution < 1.29 is 17.9 Å². The molecule has 0 spiro atoms. The number of likely N-dealkylation sites (tertiary alicyclic amines) is 1. The molecule has 1 amide bonds. The number of sulfone groups is 1. The van der Waals surface area contributed by atoms with Gasteiger partial charge in [-0.05, 0) is 30.5 Å².